The summed E-state index contributed by atoms with van der Waals surface area (Å²) in [5.41, 5.74) is 1.37. The third kappa shape index (κ3) is 3.09. The number of fused-ring (bicyclic) bond motifs is 1. The number of nitriles is 1. The smallest absolute Gasteiger partial charge is 0.266 e. The lowest BCUT2D eigenvalue weighted by Crippen LogP contribution is -2.14. The van der Waals surface area contributed by atoms with Crippen molar-refractivity contribution < 1.29 is 13.2 Å². The number of benzene rings is 1. The summed E-state index contributed by atoms with van der Waals surface area (Å²) in [6.45, 7) is 5.27. The summed E-state index contributed by atoms with van der Waals surface area (Å²) in [4.78, 5) is 12.1. The number of anilines is 1. The molecular formula is C15H12N2O3S. The first-order valence-corrected chi connectivity index (χ1v) is 7.54. The maximum absolute atomic E-state index is 11.9. The van der Waals surface area contributed by atoms with Crippen LogP contribution < -0.4 is 5.32 Å². The van der Waals surface area contributed by atoms with Crippen molar-refractivity contribution in [3.63, 3.8) is 0 Å². The van der Waals surface area contributed by atoms with Crippen molar-refractivity contribution in [1.29, 1.82) is 5.26 Å². The van der Waals surface area contributed by atoms with E-state index in [1.807, 2.05) is 0 Å². The zero-order valence-electron chi connectivity index (χ0n) is 11.3. The van der Waals surface area contributed by atoms with Crippen molar-refractivity contribution in [3.8, 4) is 6.07 Å². The van der Waals surface area contributed by atoms with Crippen LogP contribution in [-0.2, 0) is 14.6 Å². The molecule has 106 valence electrons. The number of carbonyl (C=O) groups excluding carboxylic acids is 1. The van der Waals surface area contributed by atoms with E-state index in [0.29, 0.717) is 16.8 Å². The summed E-state index contributed by atoms with van der Waals surface area (Å²) in [6, 6.07) is 6.33. The van der Waals surface area contributed by atoms with Gasteiger partial charge in [-0.1, -0.05) is 18.2 Å². The maximum atomic E-state index is 11.9. The van der Waals surface area contributed by atoms with Crippen LogP contribution in [0, 0.1) is 11.3 Å². The predicted octanol–water partition coefficient (Wildman–Crippen LogP) is 2.41. The third-order valence-corrected chi connectivity index (χ3v) is 4.22. The Hall–Kier alpha value is -2.65. The number of nitrogens with one attached hydrogen (secondary N) is 1. The van der Waals surface area contributed by atoms with Crippen molar-refractivity contribution >= 4 is 27.5 Å². The molecule has 1 heterocycles. The van der Waals surface area contributed by atoms with Gasteiger partial charge in [-0.25, -0.2) is 8.42 Å². The quantitative estimate of drug-likeness (QED) is 0.527. The first kappa shape index (κ1) is 14.8. The van der Waals surface area contributed by atoms with Crippen molar-refractivity contribution in [2.24, 2.45) is 0 Å². The van der Waals surface area contributed by atoms with Crippen LogP contribution in [0.5, 0.6) is 0 Å². The fraction of sp³-hybridized carbons (Fsp3) is 0.0667. The van der Waals surface area contributed by atoms with Gasteiger partial charge in [0.25, 0.3) is 5.91 Å². The van der Waals surface area contributed by atoms with Crippen LogP contribution in [0.2, 0.25) is 0 Å². The number of nitrogens with zero attached hydrogens (tertiary/aromatic N) is 1. The molecule has 0 saturated carbocycles. The maximum Gasteiger partial charge on any atom is 0.266 e. The van der Waals surface area contributed by atoms with Gasteiger partial charge in [-0.05, 0) is 36.8 Å². The molecule has 0 aliphatic carbocycles. The van der Waals surface area contributed by atoms with E-state index in [0.717, 1.165) is 5.41 Å². The summed E-state index contributed by atoms with van der Waals surface area (Å²) in [5.74, 6) is -0.608. The van der Waals surface area contributed by atoms with Gasteiger partial charge in [0.05, 0.1) is 4.90 Å². The lowest BCUT2D eigenvalue weighted by molar-refractivity contribution is -0.112. The van der Waals surface area contributed by atoms with Crippen LogP contribution in [0.3, 0.4) is 0 Å². The molecule has 0 atom stereocenters. The fourth-order valence-corrected chi connectivity index (χ4v) is 3.05. The SMILES string of the molecule is C=C(C)C=C(C#N)C(=O)Nc1ccc2c(c1)S(=O)(=O)C=C2. The van der Waals surface area contributed by atoms with Crippen molar-refractivity contribution in [1.82, 2.24) is 0 Å². The monoisotopic (exact) mass is 300 g/mol. The van der Waals surface area contributed by atoms with E-state index in [1.165, 1.54) is 18.2 Å². The van der Waals surface area contributed by atoms with Crippen LogP contribution in [0.25, 0.3) is 6.08 Å². The summed E-state index contributed by atoms with van der Waals surface area (Å²) < 4.78 is 23.5. The first-order valence-electron chi connectivity index (χ1n) is 5.99. The molecule has 0 unspecified atom stereocenters. The van der Waals surface area contributed by atoms with Crippen LogP contribution in [-0.4, -0.2) is 14.3 Å². The van der Waals surface area contributed by atoms with Gasteiger partial charge in [0.1, 0.15) is 11.6 Å². The standard InChI is InChI=1S/C15H12N2O3S/c1-10(2)7-12(9-16)15(18)17-13-4-3-11-5-6-21(19,20)14(11)8-13/h3-8H,1H2,2H3,(H,17,18). The Kier molecular flexibility index (Phi) is 3.78. The Bertz CT molecular complexity index is 840. The highest BCUT2D eigenvalue weighted by atomic mass is 32.2. The minimum Gasteiger partial charge on any atom is -0.321 e. The summed E-state index contributed by atoms with van der Waals surface area (Å²) in [6.07, 6.45) is 2.86. The van der Waals surface area contributed by atoms with E-state index in [9.17, 15) is 13.2 Å². The average Bonchev–Trinajstić information content (AvgIpc) is 2.71. The number of amides is 1. The first-order chi connectivity index (χ1) is 9.83. The second-order valence-electron chi connectivity index (χ2n) is 4.57. The molecule has 6 heteroatoms. The van der Waals surface area contributed by atoms with Crippen molar-refractivity contribution in [3.05, 3.63) is 53.0 Å². The molecular weight excluding hydrogens is 288 g/mol. The normalized spacial score (nSPS) is 15.1. The molecule has 0 saturated heterocycles. The minimum absolute atomic E-state index is 0.0935. The van der Waals surface area contributed by atoms with Crippen LogP contribution in [0.4, 0.5) is 5.69 Å². The van der Waals surface area contributed by atoms with Crippen molar-refractivity contribution in [2.75, 3.05) is 5.32 Å². The summed E-state index contributed by atoms with van der Waals surface area (Å²) >= 11 is 0. The second-order valence-corrected chi connectivity index (χ2v) is 6.37. The van der Waals surface area contributed by atoms with Crippen molar-refractivity contribution in [2.45, 2.75) is 11.8 Å². The fourth-order valence-electron chi connectivity index (χ4n) is 1.83. The van der Waals surface area contributed by atoms with E-state index < -0.39 is 15.7 Å². The molecule has 1 aliphatic rings. The molecule has 0 radical (unpaired) electrons. The number of allylic oxidation sites excluding steroid dienone is 2. The lowest BCUT2D eigenvalue weighted by Gasteiger charge is -2.06. The molecule has 1 amide bonds. The Balaban J connectivity index is 2.29. The molecule has 1 N–H and O–H groups in total. The van der Waals surface area contributed by atoms with E-state index in [-0.39, 0.29) is 10.5 Å². The summed E-state index contributed by atoms with van der Waals surface area (Å²) in [7, 11) is -3.43. The van der Waals surface area contributed by atoms with Crippen LogP contribution >= 0.6 is 0 Å². The van der Waals surface area contributed by atoms with Gasteiger partial charge >= 0.3 is 0 Å². The number of sulfone groups is 1. The molecule has 5 nitrogen and oxygen atoms in total. The number of hydrogen-bond donors (Lipinski definition) is 1. The molecule has 1 aliphatic heterocycles. The highest BCUT2D eigenvalue weighted by molar-refractivity contribution is 7.94. The molecule has 0 fully saturated rings. The zero-order chi connectivity index (χ0) is 15.6. The largest absolute Gasteiger partial charge is 0.321 e. The van der Waals surface area contributed by atoms with Gasteiger partial charge in [0.15, 0.2) is 0 Å². The number of rotatable bonds is 3. The third-order valence-electron chi connectivity index (χ3n) is 2.76. The van der Waals surface area contributed by atoms with Crippen LogP contribution in [0.1, 0.15) is 12.5 Å². The topological polar surface area (TPSA) is 87.0 Å². The molecule has 21 heavy (non-hydrogen) atoms. The van der Waals surface area contributed by atoms with Crippen LogP contribution in [0.15, 0.2) is 52.3 Å². The number of hydrogen-bond acceptors (Lipinski definition) is 4. The van der Waals surface area contributed by atoms with Gasteiger partial charge in [-0.15, -0.1) is 0 Å². The minimum atomic E-state index is -3.43. The molecule has 0 spiro atoms. The molecule has 0 bridgehead atoms. The van der Waals surface area contributed by atoms with Gasteiger partial charge in [0.2, 0.25) is 9.84 Å². The second kappa shape index (κ2) is 5.38. The Morgan fingerprint density at radius 2 is 2.14 bits per heavy atom. The van der Waals surface area contributed by atoms with E-state index in [1.54, 1.807) is 25.1 Å². The molecule has 2 rings (SSSR count). The Labute approximate surface area is 122 Å². The Morgan fingerprint density at radius 3 is 2.76 bits per heavy atom. The van der Waals surface area contributed by atoms with Gasteiger partial charge in [-0.2, -0.15) is 5.26 Å². The Morgan fingerprint density at radius 1 is 1.43 bits per heavy atom. The molecule has 0 aromatic heterocycles. The van der Waals surface area contributed by atoms with Gasteiger partial charge in [-0.3, -0.25) is 4.79 Å². The van der Waals surface area contributed by atoms with E-state index in [4.69, 9.17) is 5.26 Å². The summed E-state index contributed by atoms with van der Waals surface area (Å²) in [5, 5.41) is 12.6. The zero-order valence-corrected chi connectivity index (χ0v) is 12.1. The van der Waals surface area contributed by atoms with E-state index in [2.05, 4.69) is 11.9 Å². The van der Waals surface area contributed by atoms with Gasteiger partial charge in [0, 0.05) is 11.1 Å². The molecule has 1 aromatic rings. The van der Waals surface area contributed by atoms with Gasteiger partial charge < -0.3 is 5.32 Å². The lowest BCUT2D eigenvalue weighted by atomic mass is 10.1. The highest BCUT2D eigenvalue weighted by Gasteiger charge is 2.21. The average molecular weight is 300 g/mol. The predicted molar refractivity (Wildman–Crippen MR) is 79.8 cm³/mol. The van der Waals surface area contributed by atoms with E-state index >= 15 is 0 Å². The number of carbonyl (C=O) groups is 1. The highest BCUT2D eigenvalue weighted by Crippen LogP contribution is 2.29. The molecule has 1 aromatic carbocycles.